The molecule has 1 saturated carbocycles. The van der Waals surface area contributed by atoms with E-state index in [0.717, 1.165) is 5.54 Å². The lowest BCUT2D eigenvalue weighted by Gasteiger charge is -2.35. The fourth-order valence-corrected chi connectivity index (χ4v) is 4.46. The molecular formula is C11H23NOSi. The Morgan fingerprint density at radius 2 is 1.64 bits per heavy atom. The first kappa shape index (κ1) is 11.8. The van der Waals surface area contributed by atoms with Crippen molar-refractivity contribution < 1.29 is 4.79 Å². The van der Waals surface area contributed by atoms with Gasteiger partial charge in [-0.25, -0.2) is 0 Å². The molecule has 0 spiro atoms. The second-order valence-electron chi connectivity index (χ2n) is 5.62. The van der Waals surface area contributed by atoms with Crippen LogP contribution in [0.25, 0.3) is 0 Å². The molecule has 0 aromatic rings. The first-order valence-electron chi connectivity index (χ1n) is 5.66. The maximum Gasteiger partial charge on any atom is 0.217 e. The summed E-state index contributed by atoms with van der Waals surface area (Å²) in [6.07, 6.45) is 5.02. The van der Waals surface area contributed by atoms with E-state index in [0.29, 0.717) is 6.04 Å². The number of amides is 1. The molecule has 0 aromatic carbocycles. The Hall–Kier alpha value is -0.313. The summed E-state index contributed by atoms with van der Waals surface area (Å²) in [5.41, 5.74) is 0.965. The van der Waals surface area contributed by atoms with E-state index in [2.05, 4.69) is 25.0 Å². The molecule has 0 unspecified atom stereocenters. The third-order valence-corrected chi connectivity index (χ3v) is 6.39. The van der Waals surface area contributed by atoms with E-state index in [1.165, 1.54) is 25.7 Å². The van der Waals surface area contributed by atoms with Crippen LogP contribution in [0.1, 0.15) is 32.6 Å². The summed E-state index contributed by atoms with van der Waals surface area (Å²) in [4.78, 5) is 10.9. The summed E-state index contributed by atoms with van der Waals surface area (Å²) >= 11 is 0. The molecule has 0 bridgehead atoms. The van der Waals surface area contributed by atoms with Crippen LogP contribution >= 0.6 is 0 Å². The number of carbonyl (C=O) groups is 1. The number of hydrogen-bond donors (Lipinski definition) is 1. The van der Waals surface area contributed by atoms with Gasteiger partial charge >= 0.3 is 0 Å². The Labute approximate surface area is 88.5 Å². The second kappa shape index (κ2) is 4.47. The molecule has 3 heteroatoms. The molecule has 1 amide bonds. The minimum absolute atomic E-state index is 0.126. The van der Waals surface area contributed by atoms with Crippen molar-refractivity contribution >= 4 is 14.0 Å². The third-order valence-electron chi connectivity index (χ3n) is 3.36. The minimum atomic E-state index is -0.939. The van der Waals surface area contributed by atoms with Crippen molar-refractivity contribution in [1.29, 1.82) is 0 Å². The van der Waals surface area contributed by atoms with E-state index in [-0.39, 0.29) is 5.91 Å². The Kier molecular flexibility index (Phi) is 3.76. The highest BCUT2D eigenvalue weighted by atomic mass is 28.3. The van der Waals surface area contributed by atoms with Crippen LogP contribution in [-0.2, 0) is 4.79 Å². The van der Waals surface area contributed by atoms with E-state index < -0.39 is 8.07 Å². The molecule has 1 fully saturated rings. The lowest BCUT2D eigenvalue weighted by Crippen LogP contribution is -2.39. The summed E-state index contributed by atoms with van der Waals surface area (Å²) in [7, 11) is -0.939. The quantitative estimate of drug-likeness (QED) is 0.702. The van der Waals surface area contributed by atoms with Gasteiger partial charge in [0, 0.05) is 21.0 Å². The predicted octanol–water partition coefficient (Wildman–Crippen LogP) is 2.77. The van der Waals surface area contributed by atoms with Crippen molar-refractivity contribution in [2.75, 3.05) is 0 Å². The van der Waals surface area contributed by atoms with Crippen LogP contribution in [0, 0.1) is 0 Å². The predicted molar refractivity (Wildman–Crippen MR) is 63.2 cm³/mol. The van der Waals surface area contributed by atoms with E-state index in [4.69, 9.17) is 0 Å². The van der Waals surface area contributed by atoms with Crippen molar-refractivity contribution in [3.63, 3.8) is 0 Å². The van der Waals surface area contributed by atoms with E-state index in [1.54, 1.807) is 6.92 Å². The number of nitrogens with one attached hydrogen (secondary N) is 1. The van der Waals surface area contributed by atoms with E-state index >= 15 is 0 Å². The molecule has 1 N–H and O–H groups in total. The Morgan fingerprint density at radius 1 is 1.14 bits per heavy atom. The molecule has 0 saturated heterocycles. The van der Waals surface area contributed by atoms with Crippen molar-refractivity contribution in [3.05, 3.63) is 0 Å². The molecule has 14 heavy (non-hydrogen) atoms. The summed E-state index contributed by atoms with van der Waals surface area (Å²) in [6.45, 7) is 8.98. The highest BCUT2D eigenvalue weighted by molar-refractivity contribution is 6.77. The lowest BCUT2D eigenvalue weighted by molar-refractivity contribution is -0.119. The Bertz CT molecular complexity index is 202. The zero-order chi connectivity index (χ0) is 10.8. The fourth-order valence-electron chi connectivity index (χ4n) is 2.39. The van der Waals surface area contributed by atoms with Gasteiger partial charge in [-0.2, -0.15) is 0 Å². The van der Waals surface area contributed by atoms with E-state index in [9.17, 15) is 4.79 Å². The normalized spacial score (nSPS) is 28.6. The van der Waals surface area contributed by atoms with Crippen LogP contribution in [0.4, 0.5) is 0 Å². The van der Waals surface area contributed by atoms with Crippen molar-refractivity contribution in [3.8, 4) is 0 Å². The lowest BCUT2D eigenvalue weighted by atomic mass is 9.95. The maximum atomic E-state index is 10.9. The molecule has 2 nitrogen and oxygen atoms in total. The fraction of sp³-hybridized carbons (Fsp3) is 0.909. The largest absolute Gasteiger partial charge is 0.354 e. The first-order chi connectivity index (χ1) is 6.39. The topological polar surface area (TPSA) is 29.1 Å². The van der Waals surface area contributed by atoms with Crippen LogP contribution in [0.3, 0.4) is 0 Å². The molecule has 0 radical (unpaired) electrons. The summed E-state index contributed by atoms with van der Waals surface area (Å²) in [6, 6.07) is 0.458. The third kappa shape index (κ3) is 3.44. The zero-order valence-corrected chi connectivity index (χ0v) is 10.9. The Balaban J connectivity index is 2.35. The van der Waals surface area contributed by atoms with Gasteiger partial charge < -0.3 is 5.32 Å². The number of hydrogen-bond acceptors (Lipinski definition) is 1. The van der Waals surface area contributed by atoms with Crippen molar-refractivity contribution in [2.45, 2.75) is 63.8 Å². The second-order valence-corrected chi connectivity index (χ2v) is 11.2. The molecule has 0 heterocycles. The highest BCUT2D eigenvalue weighted by Gasteiger charge is 2.30. The SMILES string of the molecule is CC(=O)NC1CCC([Si](C)(C)C)CC1. The molecule has 82 valence electrons. The summed E-state index contributed by atoms with van der Waals surface area (Å²) < 4.78 is 0. The zero-order valence-electron chi connectivity index (χ0n) is 9.89. The number of carbonyl (C=O) groups excluding carboxylic acids is 1. The van der Waals surface area contributed by atoms with Gasteiger partial charge in [-0.05, 0) is 18.4 Å². The Morgan fingerprint density at radius 3 is 2.00 bits per heavy atom. The van der Waals surface area contributed by atoms with Gasteiger partial charge in [0.1, 0.15) is 0 Å². The smallest absolute Gasteiger partial charge is 0.217 e. The highest BCUT2D eigenvalue weighted by Crippen LogP contribution is 2.36. The van der Waals surface area contributed by atoms with E-state index in [1.807, 2.05) is 0 Å². The van der Waals surface area contributed by atoms with Gasteiger partial charge in [0.2, 0.25) is 5.91 Å². The minimum Gasteiger partial charge on any atom is -0.354 e. The summed E-state index contributed by atoms with van der Waals surface area (Å²) in [5.74, 6) is 0.126. The van der Waals surface area contributed by atoms with Crippen LogP contribution in [-0.4, -0.2) is 20.0 Å². The monoisotopic (exact) mass is 213 g/mol. The van der Waals surface area contributed by atoms with Gasteiger partial charge in [0.15, 0.2) is 0 Å². The summed E-state index contributed by atoms with van der Waals surface area (Å²) in [5, 5.41) is 3.03. The molecular weight excluding hydrogens is 190 g/mol. The van der Waals surface area contributed by atoms with Crippen LogP contribution < -0.4 is 5.32 Å². The molecule has 0 aliphatic heterocycles. The van der Waals surface area contributed by atoms with Gasteiger partial charge in [-0.3, -0.25) is 4.79 Å². The number of rotatable bonds is 2. The molecule has 1 aliphatic carbocycles. The average molecular weight is 213 g/mol. The standard InChI is InChI=1S/C11H23NOSi/c1-9(13)12-10-5-7-11(8-6-10)14(2,3)4/h10-11H,5-8H2,1-4H3,(H,12,13). The van der Waals surface area contributed by atoms with Crippen LogP contribution in [0.5, 0.6) is 0 Å². The molecule has 0 aromatic heterocycles. The first-order valence-corrected chi connectivity index (χ1v) is 9.24. The maximum absolute atomic E-state index is 10.9. The molecule has 0 atom stereocenters. The van der Waals surface area contributed by atoms with Crippen LogP contribution in [0.15, 0.2) is 0 Å². The van der Waals surface area contributed by atoms with Gasteiger partial charge in [-0.15, -0.1) is 0 Å². The van der Waals surface area contributed by atoms with Gasteiger partial charge in [0.25, 0.3) is 0 Å². The van der Waals surface area contributed by atoms with Crippen molar-refractivity contribution in [2.24, 2.45) is 0 Å². The van der Waals surface area contributed by atoms with Crippen LogP contribution in [0.2, 0.25) is 25.2 Å². The molecule has 1 rings (SSSR count). The van der Waals surface area contributed by atoms with Gasteiger partial charge in [0.05, 0.1) is 0 Å². The van der Waals surface area contributed by atoms with Crippen molar-refractivity contribution in [1.82, 2.24) is 5.32 Å². The average Bonchev–Trinajstić information content (AvgIpc) is 2.02. The molecule has 1 aliphatic rings. The van der Waals surface area contributed by atoms with Gasteiger partial charge in [-0.1, -0.05) is 32.5 Å².